The van der Waals surface area contributed by atoms with Gasteiger partial charge in [0.15, 0.2) is 0 Å². The SMILES string of the molecule is CC(c1cccc(Cl)c1F)(C(N)C(=O)NC12CCC(C(=O)O)(CC1)CC2)C1(C2CCCCC2)C(=O)Nc2cc(Cl)ccc21. The van der Waals surface area contributed by atoms with Gasteiger partial charge < -0.3 is 21.5 Å². The number of anilines is 1. The van der Waals surface area contributed by atoms with Gasteiger partial charge in [0, 0.05) is 21.7 Å². The molecule has 5 N–H and O–H groups in total. The highest BCUT2D eigenvalue weighted by Gasteiger charge is 2.67. The smallest absolute Gasteiger partial charge is 0.309 e. The van der Waals surface area contributed by atoms with Crippen molar-refractivity contribution in [3.05, 3.63) is 63.4 Å². The van der Waals surface area contributed by atoms with Crippen molar-refractivity contribution in [3.63, 3.8) is 0 Å². The van der Waals surface area contributed by atoms with Gasteiger partial charge in [-0.3, -0.25) is 14.4 Å². The summed E-state index contributed by atoms with van der Waals surface area (Å²) in [5.74, 6) is -2.54. The average Bonchev–Trinajstić information content (AvgIpc) is 3.30. The first-order valence-corrected chi connectivity index (χ1v) is 16.0. The number of carboxylic acids is 1. The van der Waals surface area contributed by atoms with Crippen LogP contribution in [0.2, 0.25) is 10.0 Å². The van der Waals surface area contributed by atoms with Crippen molar-refractivity contribution in [1.29, 1.82) is 0 Å². The van der Waals surface area contributed by atoms with Gasteiger partial charge in [-0.2, -0.15) is 0 Å². The van der Waals surface area contributed by atoms with Crippen LogP contribution in [0, 0.1) is 17.2 Å². The predicted molar refractivity (Wildman–Crippen MR) is 164 cm³/mol. The molecular weight excluding hydrogens is 592 g/mol. The molecule has 5 aliphatic rings. The molecule has 4 fully saturated rings. The monoisotopic (exact) mass is 629 g/mol. The summed E-state index contributed by atoms with van der Waals surface area (Å²) in [7, 11) is 0. The van der Waals surface area contributed by atoms with E-state index in [1.54, 1.807) is 31.2 Å². The van der Waals surface area contributed by atoms with Crippen LogP contribution in [0.25, 0.3) is 0 Å². The summed E-state index contributed by atoms with van der Waals surface area (Å²) >= 11 is 12.7. The fourth-order valence-corrected chi connectivity index (χ4v) is 9.36. The maximum atomic E-state index is 16.3. The van der Waals surface area contributed by atoms with E-state index in [2.05, 4.69) is 10.6 Å². The van der Waals surface area contributed by atoms with Crippen LogP contribution in [-0.4, -0.2) is 34.5 Å². The van der Waals surface area contributed by atoms with E-state index in [0.717, 1.165) is 19.3 Å². The van der Waals surface area contributed by atoms with Crippen molar-refractivity contribution in [3.8, 4) is 0 Å². The Morgan fingerprint density at radius 1 is 1.07 bits per heavy atom. The number of benzene rings is 2. The van der Waals surface area contributed by atoms with Crippen molar-refractivity contribution in [2.24, 2.45) is 17.1 Å². The second-order valence-corrected chi connectivity index (χ2v) is 14.3. The number of hydrogen-bond donors (Lipinski definition) is 4. The van der Waals surface area contributed by atoms with Crippen molar-refractivity contribution >= 4 is 46.7 Å². The number of fused-ring (bicyclic) bond motifs is 4. The number of hydrogen-bond acceptors (Lipinski definition) is 4. The molecule has 0 spiro atoms. The first kappa shape index (κ1) is 30.4. The Balaban J connectivity index is 1.50. The van der Waals surface area contributed by atoms with Crippen LogP contribution < -0.4 is 16.4 Å². The lowest BCUT2D eigenvalue weighted by atomic mass is 9.48. The van der Waals surface area contributed by atoms with Crippen LogP contribution in [0.15, 0.2) is 36.4 Å². The van der Waals surface area contributed by atoms with E-state index in [4.69, 9.17) is 28.9 Å². The van der Waals surface area contributed by atoms with Crippen LogP contribution >= 0.6 is 23.2 Å². The lowest BCUT2D eigenvalue weighted by Crippen LogP contribution is -2.69. The molecule has 3 atom stereocenters. The molecule has 1 aliphatic heterocycles. The summed E-state index contributed by atoms with van der Waals surface area (Å²) in [6.07, 6.45) is 7.23. The number of halogens is 3. The van der Waals surface area contributed by atoms with Crippen LogP contribution in [0.4, 0.5) is 10.1 Å². The first-order chi connectivity index (χ1) is 20.4. The van der Waals surface area contributed by atoms with Crippen molar-refractivity contribution < 1.29 is 23.9 Å². The summed E-state index contributed by atoms with van der Waals surface area (Å²) in [5, 5.41) is 16.4. The fourth-order valence-electron chi connectivity index (χ4n) is 9.01. The summed E-state index contributed by atoms with van der Waals surface area (Å²) in [6, 6.07) is 8.52. The number of carbonyl (C=O) groups excluding carboxylic acids is 2. The Morgan fingerprint density at radius 3 is 2.35 bits per heavy atom. The quantitative estimate of drug-likeness (QED) is 0.279. The number of carboxylic acid groups (broad SMARTS) is 1. The number of carbonyl (C=O) groups is 3. The minimum absolute atomic E-state index is 0.112. The number of rotatable bonds is 7. The number of amides is 2. The molecule has 230 valence electrons. The Hall–Kier alpha value is -2.68. The molecule has 4 saturated carbocycles. The van der Waals surface area contributed by atoms with Gasteiger partial charge in [0.2, 0.25) is 11.8 Å². The second-order valence-electron chi connectivity index (χ2n) is 13.4. The third-order valence-electron chi connectivity index (χ3n) is 11.6. The minimum Gasteiger partial charge on any atom is -0.481 e. The topological polar surface area (TPSA) is 122 Å². The predicted octanol–water partition coefficient (Wildman–Crippen LogP) is 6.48. The third kappa shape index (κ3) is 4.42. The third-order valence-corrected chi connectivity index (χ3v) is 12.1. The molecule has 3 unspecified atom stereocenters. The lowest BCUT2D eigenvalue weighted by Gasteiger charge is -2.55. The Kier molecular flexibility index (Phi) is 7.58. The Bertz CT molecular complexity index is 1470. The van der Waals surface area contributed by atoms with Crippen LogP contribution in [0.5, 0.6) is 0 Å². The molecule has 1 heterocycles. The molecule has 0 aromatic heterocycles. The van der Waals surface area contributed by atoms with Gasteiger partial charge in [-0.05, 0) is 86.6 Å². The molecule has 4 aliphatic carbocycles. The minimum atomic E-state index is -1.57. The summed E-state index contributed by atoms with van der Waals surface area (Å²) in [6.45, 7) is 1.73. The summed E-state index contributed by atoms with van der Waals surface area (Å²) < 4.78 is 16.3. The standard InChI is InChI=1S/C33H38Cl2FN3O4/c1-30(22-8-5-9-23(35)25(22)36,26(37)27(40)39-32-15-12-31(13-16-32,14-17-32)29(42)43)33(19-6-3-2-4-7-19)21-11-10-20(34)18-24(21)38-28(33)41/h5,8-11,18-19,26H,2-4,6-7,12-17,37H2,1H3,(H,38,41)(H,39,40)(H,42,43). The molecule has 43 heavy (non-hydrogen) atoms. The molecule has 2 aromatic carbocycles. The maximum absolute atomic E-state index is 16.3. The molecular formula is C33H38Cl2FN3O4. The molecule has 7 nitrogen and oxygen atoms in total. The van der Waals surface area contributed by atoms with E-state index in [9.17, 15) is 19.5 Å². The van der Waals surface area contributed by atoms with Gasteiger partial charge in [0.1, 0.15) is 5.82 Å². The number of nitrogens with one attached hydrogen (secondary N) is 2. The zero-order valence-electron chi connectivity index (χ0n) is 24.3. The van der Waals surface area contributed by atoms with E-state index in [-0.39, 0.29) is 22.4 Å². The van der Waals surface area contributed by atoms with E-state index < -0.39 is 45.5 Å². The fraction of sp³-hybridized carbons (Fsp3) is 0.545. The first-order valence-electron chi connectivity index (χ1n) is 15.3. The molecule has 7 rings (SSSR count). The molecule has 2 amide bonds. The van der Waals surface area contributed by atoms with Crippen LogP contribution in [0.3, 0.4) is 0 Å². The zero-order valence-corrected chi connectivity index (χ0v) is 25.8. The largest absolute Gasteiger partial charge is 0.481 e. The van der Waals surface area contributed by atoms with Gasteiger partial charge in [0.25, 0.3) is 0 Å². The molecule has 0 saturated heterocycles. The highest BCUT2D eigenvalue weighted by Crippen LogP contribution is 2.60. The highest BCUT2D eigenvalue weighted by molar-refractivity contribution is 6.31. The Morgan fingerprint density at radius 2 is 1.72 bits per heavy atom. The molecule has 2 bridgehead atoms. The highest BCUT2D eigenvalue weighted by atomic mass is 35.5. The van der Waals surface area contributed by atoms with E-state index in [1.165, 1.54) is 6.07 Å². The average molecular weight is 631 g/mol. The zero-order chi connectivity index (χ0) is 30.8. The van der Waals surface area contributed by atoms with Crippen LogP contribution in [-0.2, 0) is 25.2 Å². The van der Waals surface area contributed by atoms with E-state index >= 15 is 4.39 Å². The van der Waals surface area contributed by atoms with Gasteiger partial charge in [-0.1, -0.05) is 67.6 Å². The molecule has 10 heteroatoms. The molecule has 0 radical (unpaired) electrons. The van der Waals surface area contributed by atoms with Gasteiger partial charge in [-0.15, -0.1) is 0 Å². The maximum Gasteiger partial charge on any atom is 0.309 e. The van der Waals surface area contributed by atoms with Gasteiger partial charge in [0.05, 0.1) is 21.9 Å². The lowest BCUT2D eigenvalue weighted by molar-refractivity contribution is -0.157. The second kappa shape index (κ2) is 10.7. The Labute approximate surface area is 261 Å². The van der Waals surface area contributed by atoms with Crippen molar-refractivity contribution in [2.75, 3.05) is 5.32 Å². The summed E-state index contributed by atoms with van der Waals surface area (Å²) in [5.41, 5.74) is 4.06. The summed E-state index contributed by atoms with van der Waals surface area (Å²) in [4.78, 5) is 41.0. The number of nitrogens with two attached hydrogens (primary N) is 1. The van der Waals surface area contributed by atoms with Crippen molar-refractivity contribution in [1.82, 2.24) is 5.32 Å². The van der Waals surface area contributed by atoms with Gasteiger partial charge >= 0.3 is 5.97 Å². The van der Waals surface area contributed by atoms with Crippen molar-refractivity contribution in [2.45, 2.75) is 100.0 Å². The normalized spacial score (nSPS) is 30.7. The molecule has 2 aromatic rings. The van der Waals surface area contributed by atoms with E-state index in [1.807, 2.05) is 6.07 Å². The number of aliphatic carboxylic acids is 1. The van der Waals surface area contributed by atoms with Crippen LogP contribution in [0.1, 0.15) is 88.7 Å². The van der Waals surface area contributed by atoms with Gasteiger partial charge in [-0.25, -0.2) is 4.39 Å². The van der Waals surface area contributed by atoms with E-state index in [0.29, 0.717) is 67.6 Å².